The minimum absolute atomic E-state index is 0.380. The van der Waals surface area contributed by atoms with Gasteiger partial charge in [0.1, 0.15) is 0 Å². The van der Waals surface area contributed by atoms with Crippen LogP contribution >= 0.6 is 11.6 Å². The Balaban J connectivity index is 1.93. The molecule has 1 aliphatic rings. The molecule has 106 valence electrons. The molecule has 1 N–H and O–H groups in total. The van der Waals surface area contributed by atoms with Crippen LogP contribution in [-0.2, 0) is 0 Å². The maximum absolute atomic E-state index is 6.07. The van der Waals surface area contributed by atoms with Gasteiger partial charge in [0.15, 0.2) is 0 Å². The Kier molecular flexibility index (Phi) is 4.92. The minimum Gasteiger partial charge on any atom is -0.307 e. The first kappa shape index (κ1) is 14.9. The molecule has 2 rings (SSSR count). The Hall–Kier alpha value is -0.530. The van der Waals surface area contributed by atoms with Crippen molar-refractivity contribution < 1.29 is 0 Å². The number of hydrogen-bond acceptors (Lipinski definition) is 1. The lowest BCUT2D eigenvalue weighted by atomic mass is 9.85. The first-order valence-corrected chi connectivity index (χ1v) is 7.86. The lowest BCUT2D eigenvalue weighted by Gasteiger charge is -2.24. The normalized spacial score (nSPS) is 24.7. The number of rotatable bonds is 3. The molecular weight excluding hydrogens is 254 g/mol. The van der Waals surface area contributed by atoms with E-state index in [0.717, 1.165) is 5.02 Å². The van der Waals surface area contributed by atoms with Crippen LogP contribution in [0.1, 0.15) is 64.5 Å². The van der Waals surface area contributed by atoms with E-state index in [1.165, 1.54) is 37.7 Å². The van der Waals surface area contributed by atoms with Gasteiger partial charge in [0.25, 0.3) is 0 Å². The highest BCUT2D eigenvalue weighted by Gasteiger charge is 2.25. The van der Waals surface area contributed by atoms with Crippen molar-refractivity contribution in [1.82, 2.24) is 5.32 Å². The third-order valence-electron chi connectivity index (χ3n) is 4.41. The van der Waals surface area contributed by atoms with E-state index in [0.29, 0.717) is 17.5 Å². The summed E-state index contributed by atoms with van der Waals surface area (Å²) in [6.07, 6.45) is 6.61. The summed E-state index contributed by atoms with van der Waals surface area (Å²) in [6.45, 7) is 7.03. The van der Waals surface area contributed by atoms with E-state index in [1.807, 2.05) is 12.1 Å². The Morgan fingerprint density at radius 2 is 2.05 bits per heavy atom. The van der Waals surface area contributed by atoms with E-state index in [-0.39, 0.29) is 0 Å². The zero-order valence-electron chi connectivity index (χ0n) is 12.4. The van der Waals surface area contributed by atoms with Crippen molar-refractivity contribution in [2.24, 2.45) is 5.41 Å². The molecule has 0 aliphatic heterocycles. The smallest absolute Gasteiger partial charge is 0.0409 e. The molecule has 1 fully saturated rings. The summed E-state index contributed by atoms with van der Waals surface area (Å²) < 4.78 is 0. The Bertz CT molecular complexity index is 413. The number of benzene rings is 1. The molecule has 0 aromatic heterocycles. The molecule has 2 unspecified atom stereocenters. The largest absolute Gasteiger partial charge is 0.307 e. The lowest BCUT2D eigenvalue weighted by Crippen LogP contribution is -2.31. The minimum atomic E-state index is 0.380. The second-order valence-corrected chi connectivity index (χ2v) is 7.17. The second kappa shape index (κ2) is 6.28. The SMILES string of the molecule is CC(NC1CCCC(C)(C)CC1)c1cccc(Cl)c1. The monoisotopic (exact) mass is 279 g/mol. The maximum atomic E-state index is 6.07. The van der Waals surface area contributed by atoms with Gasteiger partial charge in [0, 0.05) is 17.1 Å². The van der Waals surface area contributed by atoms with Crippen LogP contribution < -0.4 is 5.32 Å². The predicted octanol–water partition coefficient (Wildman–Crippen LogP) is 5.35. The average Bonchev–Trinajstić information content (AvgIpc) is 2.51. The van der Waals surface area contributed by atoms with Crippen molar-refractivity contribution in [3.05, 3.63) is 34.9 Å². The maximum Gasteiger partial charge on any atom is 0.0409 e. The van der Waals surface area contributed by atoms with Crippen LogP contribution in [-0.4, -0.2) is 6.04 Å². The lowest BCUT2D eigenvalue weighted by molar-refractivity contribution is 0.307. The van der Waals surface area contributed by atoms with Gasteiger partial charge in [0.05, 0.1) is 0 Å². The zero-order valence-corrected chi connectivity index (χ0v) is 13.1. The standard InChI is InChI=1S/C17H26ClN/c1-13(14-6-4-7-15(18)12-14)19-16-8-5-10-17(2,3)11-9-16/h4,6-7,12-13,16,19H,5,8-11H2,1-3H3. The zero-order chi connectivity index (χ0) is 13.9. The summed E-state index contributed by atoms with van der Waals surface area (Å²) in [5.74, 6) is 0. The summed E-state index contributed by atoms with van der Waals surface area (Å²) in [4.78, 5) is 0. The van der Waals surface area contributed by atoms with E-state index >= 15 is 0 Å². The number of halogens is 1. The van der Waals surface area contributed by atoms with Gasteiger partial charge < -0.3 is 5.32 Å². The summed E-state index contributed by atoms with van der Waals surface area (Å²) in [5.41, 5.74) is 1.81. The second-order valence-electron chi connectivity index (χ2n) is 6.74. The molecule has 2 atom stereocenters. The average molecular weight is 280 g/mol. The highest BCUT2D eigenvalue weighted by molar-refractivity contribution is 6.30. The van der Waals surface area contributed by atoms with Crippen LogP contribution in [0.25, 0.3) is 0 Å². The predicted molar refractivity (Wildman–Crippen MR) is 83.7 cm³/mol. The fourth-order valence-corrected chi connectivity index (χ4v) is 3.25. The molecule has 0 amide bonds. The quantitative estimate of drug-likeness (QED) is 0.736. The third kappa shape index (κ3) is 4.50. The Morgan fingerprint density at radius 3 is 2.79 bits per heavy atom. The molecule has 1 nitrogen and oxygen atoms in total. The highest BCUT2D eigenvalue weighted by atomic mass is 35.5. The van der Waals surface area contributed by atoms with Gasteiger partial charge >= 0.3 is 0 Å². The van der Waals surface area contributed by atoms with E-state index < -0.39 is 0 Å². The molecule has 0 heterocycles. The molecular formula is C17H26ClN. The van der Waals surface area contributed by atoms with Gasteiger partial charge in [-0.25, -0.2) is 0 Å². The molecule has 0 spiro atoms. The Morgan fingerprint density at radius 1 is 1.26 bits per heavy atom. The van der Waals surface area contributed by atoms with Crippen LogP contribution in [0.2, 0.25) is 5.02 Å². The summed E-state index contributed by atoms with van der Waals surface area (Å²) >= 11 is 6.07. The molecule has 2 heteroatoms. The first-order chi connectivity index (χ1) is 8.96. The fourth-order valence-electron chi connectivity index (χ4n) is 3.05. The van der Waals surface area contributed by atoms with Crippen LogP contribution in [0.3, 0.4) is 0 Å². The number of hydrogen-bond donors (Lipinski definition) is 1. The fraction of sp³-hybridized carbons (Fsp3) is 0.647. The third-order valence-corrected chi connectivity index (χ3v) is 4.65. The molecule has 1 aromatic carbocycles. The molecule has 1 saturated carbocycles. The highest BCUT2D eigenvalue weighted by Crippen LogP contribution is 2.34. The van der Waals surface area contributed by atoms with Gasteiger partial charge in [-0.2, -0.15) is 0 Å². The van der Waals surface area contributed by atoms with Crippen molar-refractivity contribution in [2.45, 2.75) is 65.0 Å². The van der Waals surface area contributed by atoms with Gasteiger partial charge in [0.2, 0.25) is 0 Å². The van der Waals surface area contributed by atoms with Gasteiger partial charge in [-0.3, -0.25) is 0 Å². The molecule has 1 aromatic rings. The molecule has 0 bridgehead atoms. The van der Waals surface area contributed by atoms with E-state index in [9.17, 15) is 0 Å². The molecule has 19 heavy (non-hydrogen) atoms. The van der Waals surface area contributed by atoms with Crippen molar-refractivity contribution in [2.75, 3.05) is 0 Å². The first-order valence-electron chi connectivity index (χ1n) is 7.48. The van der Waals surface area contributed by atoms with Crippen molar-refractivity contribution in [3.8, 4) is 0 Å². The van der Waals surface area contributed by atoms with Crippen LogP contribution in [0, 0.1) is 5.41 Å². The summed E-state index contributed by atoms with van der Waals surface area (Å²) in [5, 5.41) is 4.61. The van der Waals surface area contributed by atoms with E-state index in [4.69, 9.17) is 11.6 Å². The van der Waals surface area contributed by atoms with E-state index in [2.05, 4.69) is 38.2 Å². The van der Waals surface area contributed by atoms with Crippen LogP contribution in [0.5, 0.6) is 0 Å². The number of nitrogens with one attached hydrogen (secondary N) is 1. The van der Waals surface area contributed by atoms with E-state index in [1.54, 1.807) is 0 Å². The van der Waals surface area contributed by atoms with Crippen molar-refractivity contribution >= 4 is 11.6 Å². The molecule has 1 aliphatic carbocycles. The van der Waals surface area contributed by atoms with Gasteiger partial charge in [-0.05, 0) is 55.7 Å². The molecule has 0 saturated heterocycles. The van der Waals surface area contributed by atoms with Crippen molar-refractivity contribution in [1.29, 1.82) is 0 Å². The van der Waals surface area contributed by atoms with Gasteiger partial charge in [-0.1, -0.05) is 44.0 Å². The van der Waals surface area contributed by atoms with Crippen LogP contribution in [0.15, 0.2) is 24.3 Å². The van der Waals surface area contributed by atoms with Crippen LogP contribution in [0.4, 0.5) is 0 Å². The Labute approximate surface area is 122 Å². The summed E-state index contributed by atoms with van der Waals surface area (Å²) in [7, 11) is 0. The van der Waals surface area contributed by atoms with Gasteiger partial charge in [-0.15, -0.1) is 0 Å². The molecule has 0 radical (unpaired) electrons. The van der Waals surface area contributed by atoms with Crippen molar-refractivity contribution in [3.63, 3.8) is 0 Å². The summed E-state index contributed by atoms with van der Waals surface area (Å²) in [6, 6.07) is 9.22. The topological polar surface area (TPSA) is 12.0 Å².